The lowest BCUT2D eigenvalue weighted by Gasteiger charge is -2.44. The SMILES string of the molecule is Cc1cc(C(C)(C)C)cc(C)c1N1c2cc(C(C)C)cc3c2B(c2cc(-c4coc5ccccc45)ccc2N3c2ccc(-c3coc4ccccc34)cc2)c2c1sc1ccc(C(C)(C)C)cc21. The van der Waals surface area contributed by atoms with E-state index in [-0.39, 0.29) is 17.5 Å². The predicted molar refractivity (Wildman–Crippen MR) is 287 cm³/mol. The van der Waals surface area contributed by atoms with Gasteiger partial charge in [0.1, 0.15) is 11.2 Å². The van der Waals surface area contributed by atoms with Gasteiger partial charge in [0.05, 0.1) is 23.2 Å². The fraction of sp³-hybridized carbons (Fsp3) is 0.213. The minimum Gasteiger partial charge on any atom is -0.464 e. The van der Waals surface area contributed by atoms with E-state index >= 15 is 0 Å². The molecule has 0 saturated carbocycles. The molecule has 0 radical (unpaired) electrons. The van der Waals surface area contributed by atoms with Crippen LogP contribution in [0, 0.1) is 13.8 Å². The van der Waals surface area contributed by atoms with Crippen molar-refractivity contribution < 1.29 is 8.83 Å². The molecular formula is C61H55BN2O2S. The molecule has 7 aromatic carbocycles. The summed E-state index contributed by atoms with van der Waals surface area (Å²) in [5.74, 6) is 0.294. The van der Waals surface area contributed by atoms with Crippen LogP contribution in [-0.4, -0.2) is 6.71 Å². The Morgan fingerprint density at radius 1 is 0.537 bits per heavy atom. The topological polar surface area (TPSA) is 32.8 Å². The Morgan fingerprint density at radius 2 is 1.12 bits per heavy atom. The van der Waals surface area contributed by atoms with Gasteiger partial charge in [0.2, 0.25) is 0 Å². The number of rotatable bonds is 5. The maximum atomic E-state index is 6.22. The Hall–Kier alpha value is -6.76. The minimum atomic E-state index is -0.0446. The van der Waals surface area contributed by atoms with E-state index in [1.165, 1.54) is 82.0 Å². The zero-order valence-corrected chi connectivity index (χ0v) is 40.9. The second kappa shape index (κ2) is 14.9. The summed E-state index contributed by atoms with van der Waals surface area (Å²) >= 11 is 1.94. The zero-order valence-electron chi connectivity index (χ0n) is 40.1. The summed E-state index contributed by atoms with van der Waals surface area (Å²) in [4.78, 5) is 5.21. The lowest BCUT2D eigenvalue weighted by Crippen LogP contribution is -2.61. The summed E-state index contributed by atoms with van der Waals surface area (Å²) in [6.45, 7) is 23.2. The molecule has 2 aliphatic rings. The number of aryl methyl sites for hydroxylation is 2. The van der Waals surface area contributed by atoms with E-state index in [1.54, 1.807) is 0 Å². The quantitative estimate of drug-likeness (QED) is 0.161. The van der Waals surface area contributed by atoms with Crippen molar-refractivity contribution in [2.24, 2.45) is 0 Å². The Morgan fingerprint density at radius 3 is 1.73 bits per heavy atom. The number of anilines is 6. The third-order valence-corrected chi connectivity index (χ3v) is 15.7. The Labute approximate surface area is 398 Å². The highest BCUT2D eigenvalue weighted by atomic mass is 32.1. The van der Waals surface area contributed by atoms with Crippen LogP contribution in [0.15, 0.2) is 155 Å². The lowest BCUT2D eigenvalue weighted by molar-refractivity contribution is 0.589. The standard InChI is InChI=1S/C61H55BN2O2S/c1-35(2)40-30-51-57-52(31-40)64(58-36(3)27-42(28-37(58)4)61(8,9)10)59-56(46-32-41(60(5,6)7)22-26-55(46)67-59)62(57)49-29-39(48-34-66-54-18-14-12-16-45(48)54)21-25-50(49)63(51)43-23-19-38(20-24-43)47-33-65-53-17-13-11-15-44(47)53/h11-35H,1-10H3. The average molecular weight is 891 g/mol. The molecule has 0 amide bonds. The first-order chi connectivity index (χ1) is 32.1. The van der Waals surface area contributed by atoms with Gasteiger partial charge in [-0.05, 0) is 140 Å². The molecule has 10 aromatic rings. The van der Waals surface area contributed by atoms with Crippen molar-refractivity contribution in [2.45, 2.75) is 86.0 Å². The largest absolute Gasteiger partial charge is 0.464 e. The van der Waals surface area contributed by atoms with Gasteiger partial charge < -0.3 is 18.6 Å². The number of hydrogen-bond acceptors (Lipinski definition) is 5. The van der Waals surface area contributed by atoms with Crippen molar-refractivity contribution in [2.75, 3.05) is 9.80 Å². The van der Waals surface area contributed by atoms with Gasteiger partial charge in [0, 0.05) is 49.3 Å². The molecule has 0 saturated heterocycles. The molecule has 0 bridgehead atoms. The van der Waals surface area contributed by atoms with E-state index in [0.717, 1.165) is 49.9 Å². The maximum absolute atomic E-state index is 6.22. The predicted octanol–water partition coefficient (Wildman–Crippen LogP) is 16.1. The molecule has 4 nitrogen and oxygen atoms in total. The van der Waals surface area contributed by atoms with Gasteiger partial charge in [-0.1, -0.05) is 140 Å². The highest BCUT2D eigenvalue weighted by Crippen LogP contribution is 2.51. The van der Waals surface area contributed by atoms with Crippen molar-refractivity contribution in [1.29, 1.82) is 0 Å². The van der Waals surface area contributed by atoms with Gasteiger partial charge in [-0.2, -0.15) is 0 Å². The van der Waals surface area contributed by atoms with Gasteiger partial charge in [-0.3, -0.25) is 0 Å². The van der Waals surface area contributed by atoms with Gasteiger partial charge in [-0.25, -0.2) is 0 Å². The van der Waals surface area contributed by atoms with Crippen LogP contribution >= 0.6 is 11.3 Å². The van der Waals surface area contributed by atoms with E-state index < -0.39 is 0 Å². The summed E-state index contributed by atoms with van der Waals surface area (Å²) < 4.78 is 13.6. The number of fused-ring (bicyclic) bond motifs is 8. The second-order valence-electron chi connectivity index (χ2n) is 21.3. The molecule has 67 heavy (non-hydrogen) atoms. The number of hydrogen-bond donors (Lipinski definition) is 0. The second-order valence-corrected chi connectivity index (χ2v) is 22.4. The summed E-state index contributed by atoms with van der Waals surface area (Å²) in [7, 11) is 0. The van der Waals surface area contributed by atoms with Crippen LogP contribution in [0.1, 0.15) is 89.1 Å². The van der Waals surface area contributed by atoms with Crippen LogP contribution in [0.3, 0.4) is 0 Å². The molecule has 12 rings (SSSR count). The molecule has 0 N–H and O–H groups in total. The first kappa shape index (κ1) is 41.7. The van der Waals surface area contributed by atoms with Gasteiger partial charge in [0.25, 0.3) is 6.71 Å². The van der Waals surface area contributed by atoms with Crippen molar-refractivity contribution >= 4 is 99.9 Å². The van der Waals surface area contributed by atoms with Gasteiger partial charge in [-0.15, -0.1) is 11.3 Å². The van der Waals surface area contributed by atoms with E-state index in [1.807, 2.05) is 42.1 Å². The number of thiophene rings is 1. The number of furan rings is 2. The van der Waals surface area contributed by atoms with E-state index in [9.17, 15) is 0 Å². The molecule has 0 fully saturated rings. The molecular weight excluding hydrogens is 836 g/mol. The molecule has 0 aliphatic carbocycles. The van der Waals surface area contributed by atoms with Crippen LogP contribution in [0.2, 0.25) is 0 Å². The third kappa shape index (κ3) is 6.47. The smallest absolute Gasteiger partial charge is 0.254 e. The Balaban J connectivity index is 1.18. The third-order valence-electron chi connectivity index (χ3n) is 14.5. The zero-order chi connectivity index (χ0) is 46.3. The van der Waals surface area contributed by atoms with Gasteiger partial charge >= 0.3 is 0 Å². The maximum Gasteiger partial charge on any atom is 0.254 e. The summed E-state index contributed by atoms with van der Waals surface area (Å²) in [6.07, 6.45) is 3.83. The summed E-state index contributed by atoms with van der Waals surface area (Å²) in [6, 6.07) is 50.1. The van der Waals surface area contributed by atoms with Crippen LogP contribution < -0.4 is 26.2 Å². The van der Waals surface area contributed by atoms with Crippen molar-refractivity contribution in [3.05, 3.63) is 174 Å². The molecule has 6 heteroatoms. The first-order valence-electron chi connectivity index (χ1n) is 23.8. The van der Waals surface area contributed by atoms with Crippen molar-refractivity contribution in [1.82, 2.24) is 0 Å². The van der Waals surface area contributed by atoms with Gasteiger partial charge in [0.15, 0.2) is 0 Å². The Kier molecular flexibility index (Phi) is 9.25. The fourth-order valence-electron chi connectivity index (χ4n) is 10.9. The van der Waals surface area contributed by atoms with Crippen molar-refractivity contribution in [3.8, 4) is 22.3 Å². The highest BCUT2D eigenvalue weighted by Gasteiger charge is 2.46. The molecule has 2 aliphatic heterocycles. The molecule has 5 heterocycles. The average Bonchev–Trinajstić information content (AvgIpc) is 4.04. The van der Waals surface area contributed by atoms with E-state index in [0.29, 0.717) is 5.92 Å². The first-order valence-corrected chi connectivity index (χ1v) is 24.6. The number of para-hydroxylation sites is 2. The molecule has 0 spiro atoms. The number of benzene rings is 7. The highest BCUT2D eigenvalue weighted by molar-refractivity contribution is 7.26. The van der Waals surface area contributed by atoms with Crippen LogP contribution in [-0.2, 0) is 10.8 Å². The summed E-state index contributed by atoms with van der Waals surface area (Å²) in [5.41, 5.74) is 22.9. The molecule has 3 aromatic heterocycles. The van der Waals surface area contributed by atoms with E-state index in [2.05, 4.69) is 194 Å². The van der Waals surface area contributed by atoms with Crippen molar-refractivity contribution in [3.63, 3.8) is 0 Å². The minimum absolute atomic E-state index is 0.0196. The molecule has 0 unspecified atom stereocenters. The molecule has 330 valence electrons. The Bertz CT molecular complexity index is 3610. The summed E-state index contributed by atoms with van der Waals surface area (Å²) in [5, 5.41) is 4.88. The number of nitrogens with zero attached hydrogens (tertiary/aromatic N) is 2. The lowest BCUT2D eigenvalue weighted by atomic mass is 9.33. The van der Waals surface area contributed by atoms with Crippen LogP contribution in [0.25, 0.3) is 54.3 Å². The molecule has 0 atom stereocenters. The van der Waals surface area contributed by atoms with Crippen LogP contribution in [0.4, 0.5) is 33.4 Å². The normalized spacial score (nSPS) is 13.6. The van der Waals surface area contributed by atoms with Crippen LogP contribution in [0.5, 0.6) is 0 Å². The fourth-order valence-corrected chi connectivity index (χ4v) is 12.2. The monoisotopic (exact) mass is 890 g/mol. The van der Waals surface area contributed by atoms with E-state index in [4.69, 9.17) is 8.83 Å².